The Hall–Kier alpha value is -1.67. The number of carbonyl (C=O) groups excluding carboxylic acids is 1. The Bertz CT molecular complexity index is 640. The van der Waals surface area contributed by atoms with E-state index in [-0.39, 0.29) is 12.4 Å². The molecule has 0 atom stereocenters. The molecule has 0 saturated heterocycles. The van der Waals surface area contributed by atoms with Gasteiger partial charge in [-0.3, -0.25) is 4.79 Å². The topological polar surface area (TPSA) is 72.5 Å². The van der Waals surface area contributed by atoms with Gasteiger partial charge in [-0.05, 0) is 51.3 Å². The van der Waals surface area contributed by atoms with Crippen molar-refractivity contribution in [3.63, 3.8) is 0 Å². The maximum Gasteiger partial charge on any atom is 0.308 e. The molecule has 0 aromatic heterocycles. The number of aryl methyl sites for hydroxylation is 1. The van der Waals surface area contributed by atoms with E-state index in [1.165, 1.54) is 44.1 Å². The van der Waals surface area contributed by atoms with Crippen molar-refractivity contribution in [3.05, 3.63) is 29.8 Å². The molecular formula is C29H50O7. The fraction of sp³-hybridized carbons (Fsp3) is 0.759. The minimum absolute atomic E-state index is 0.247. The SMILES string of the molecule is CCCCCCCCc1ccc(OCCOCCOCCOCCOCCC(=O)OC(C)(C)C)cc1. The van der Waals surface area contributed by atoms with Crippen LogP contribution in [-0.4, -0.2) is 71.0 Å². The van der Waals surface area contributed by atoms with Gasteiger partial charge in [-0.25, -0.2) is 0 Å². The molecule has 0 heterocycles. The van der Waals surface area contributed by atoms with Gasteiger partial charge in [0, 0.05) is 0 Å². The van der Waals surface area contributed by atoms with Gasteiger partial charge in [0.05, 0.1) is 59.3 Å². The van der Waals surface area contributed by atoms with E-state index in [4.69, 9.17) is 28.4 Å². The van der Waals surface area contributed by atoms with Crippen molar-refractivity contribution in [1.29, 1.82) is 0 Å². The molecule has 7 nitrogen and oxygen atoms in total. The molecule has 0 unspecified atom stereocenters. The standard InChI is InChI=1S/C29H50O7/c1-5-6-7-8-9-10-11-26-12-14-27(15-13-26)35-25-24-34-23-22-33-21-20-32-19-18-31-17-16-28(30)36-29(2,3)4/h12-15H,5-11,16-25H2,1-4H3. The lowest BCUT2D eigenvalue weighted by molar-refractivity contribution is -0.156. The summed E-state index contributed by atoms with van der Waals surface area (Å²) < 4.78 is 32.8. The number of carbonyl (C=O) groups is 1. The van der Waals surface area contributed by atoms with Crippen LogP contribution in [-0.2, 0) is 34.9 Å². The molecular weight excluding hydrogens is 460 g/mol. The Balaban J connectivity index is 1.84. The molecule has 0 saturated carbocycles. The van der Waals surface area contributed by atoms with Crippen LogP contribution in [0.4, 0.5) is 0 Å². The first-order valence-electron chi connectivity index (χ1n) is 13.7. The third-order valence-corrected chi connectivity index (χ3v) is 5.23. The highest BCUT2D eigenvalue weighted by molar-refractivity contribution is 5.69. The van der Waals surface area contributed by atoms with Gasteiger partial charge in [0.25, 0.3) is 0 Å². The molecule has 0 aliphatic heterocycles. The normalized spacial score (nSPS) is 11.6. The largest absolute Gasteiger partial charge is 0.491 e. The minimum atomic E-state index is -0.460. The van der Waals surface area contributed by atoms with Crippen LogP contribution in [0.3, 0.4) is 0 Å². The lowest BCUT2D eigenvalue weighted by Crippen LogP contribution is -2.24. The first-order chi connectivity index (χ1) is 17.4. The van der Waals surface area contributed by atoms with Gasteiger partial charge < -0.3 is 28.4 Å². The molecule has 0 radical (unpaired) electrons. The third-order valence-electron chi connectivity index (χ3n) is 5.23. The summed E-state index contributed by atoms with van der Waals surface area (Å²) in [6.45, 7) is 12.1. The average molecular weight is 511 g/mol. The van der Waals surface area contributed by atoms with Gasteiger partial charge in [-0.15, -0.1) is 0 Å². The van der Waals surface area contributed by atoms with Crippen molar-refractivity contribution in [3.8, 4) is 5.75 Å². The molecule has 0 bridgehead atoms. The fourth-order valence-corrected chi connectivity index (χ4v) is 3.39. The number of benzene rings is 1. The zero-order valence-corrected chi connectivity index (χ0v) is 23.2. The Morgan fingerprint density at radius 2 is 1.17 bits per heavy atom. The first kappa shape index (κ1) is 32.4. The third kappa shape index (κ3) is 20.5. The lowest BCUT2D eigenvalue weighted by Gasteiger charge is -2.19. The molecule has 0 amide bonds. The minimum Gasteiger partial charge on any atom is -0.491 e. The van der Waals surface area contributed by atoms with E-state index in [1.54, 1.807) is 0 Å². The maximum atomic E-state index is 11.5. The van der Waals surface area contributed by atoms with Crippen LogP contribution in [0.5, 0.6) is 5.75 Å². The van der Waals surface area contributed by atoms with E-state index < -0.39 is 5.60 Å². The highest BCUT2D eigenvalue weighted by atomic mass is 16.6. The number of esters is 1. The zero-order chi connectivity index (χ0) is 26.3. The second kappa shape index (κ2) is 21.4. The van der Waals surface area contributed by atoms with Crippen LogP contribution in [0.15, 0.2) is 24.3 Å². The van der Waals surface area contributed by atoms with Gasteiger partial charge in [0.2, 0.25) is 0 Å². The number of ether oxygens (including phenoxy) is 6. The van der Waals surface area contributed by atoms with Gasteiger partial charge in [0.15, 0.2) is 0 Å². The molecule has 0 fully saturated rings. The summed E-state index contributed by atoms with van der Waals surface area (Å²) in [4.78, 5) is 11.5. The molecule has 1 rings (SSSR count). The first-order valence-corrected chi connectivity index (χ1v) is 13.7. The Morgan fingerprint density at radius 1 is 0.667 bits per heavy atom. The van der Waals surface area contributed by atoms with Crippen LogP contribution in [0.2, 0.25) is 0 Å². The molecule has 0 N–H and O–H groups in total. The van der Waals surface area contributed by atoms with E-state index >= 15 is 0 Å². The van der Waals surface area contributed by atoms with Crippen LogP contribution >= 0.6 is 0 Å². The fourth-order valence-electron chi connectivity index (χ4n) is 3.39. The van der Waals surface area contributed by atoms with Crippen molar-refractivity contribution in [2.45, 2.75) is 84.7 Å². The summed E-state index contributed by atoms with van der Waals surface area (Å²) in [5.41, 5.74) is 0.916. The second-order valence-corrected chi connectivity index (χ2v) is 9.80. The van der Waals surface area contributed by atoms with E-state index in [0.717, 1.165) is 12.2 Å². The van der Waals surface area contributed by atoms with Gasteiger partial charge in [-0.2, -0.15) is 0 Å². The predicted octanol–water partition coefficient (Wildman–Crippen LogP) is 5.77. The number of unbranched alkanes of at least 4 members (excludes halogenated alkanes) is 5. The van der Waals surface area contributed by atoms with Crippen molar-refractivity contribution in [2.75, 3.05) is 59.5 Å². The number of hydrogen-bond donors (Lipinski definition) is 0. The van der Waals surface area contributed by atoms with Crippen molar-refractivity contribution in [2.24, 2.45) is 0 Å². The monoisotopic (exact) mass is 510 g/mol. The molecule has 0 aliphatic carbocycles. The second-order valence-electron chi connectivity index (χ2n) is 9.80. The summed E-state index contributed by atoms with van der Waals surface area (Å²) in [5, 5.41) is 0. The Kier molecular flexibility index (Phi) is 19.3. The van der Waals surface area contributed by atoms with Crippen LogP contribution in [0.25, 0.3) is 0 Å². The summed E-state index contributed by atoms with van der Waals surface area (Å²) in [6, 6.07) is 8.41. The van der Waals surface area contributed by atoms with E-state index in [2.05, 4.69) is 19.1 Å². The molecule has 208 valence electrons. The number of hydrogen-bond acceptors (Lipinski definition) is 7. The summed E-state index contributed by atoms with van der Waals surface area (Å²) in [6.07, 6.45) is 9.34. The summed E-state index contributed by atoms with van der Waals surface area (Å²) in [7, 11) is 0. The molecule has 1 aromatic carbocycles. The number of rotatable bonds is 23. The van der Waals surface area contributed by atoms with Crippen LogP contribution < -0.4 is 4.74 Å². The molecule has 36 heavy (non-hydrogen) atoms. The summed E-state index contributed by atoms with van der Waals surface area (Å²) in [5.74, 6) is 0.630. The van der Waals surface area contributed by atoms with E-state index in [0.29, 0.717) is 59.5 Å². The van der Waals surface area contributed by atoms with Gasteiger partial charge in [-0.1, -0.05) is 51.2 Å². The average Bonchev–Trinajstić information content (AvgIpc) is 2.83. The van der Waals surface area contributed by atoms with Crippen LogP contribution in [0.1, 0.15) is 78.2 Å². The van der Waals surface area contributed by atoms with Crippen LogP contribution in [0, 0.1) is 0 Å². The molecule has 0 spiro atoms. The molecule has 0 aliphatic rings. The van der Waals surface area contributed by atoms with Gasteiger partial charge in [0.1, 0.15) is 18.0 Å². The zero-order valence-electron chi connectivity index (χ0n) is 23.2. The predicted molar refractivity (Wildman–Crippen MR) is 143 cm³/mol. The maximum absolute atomic E-state index is 11.5. The van der Waals surface area contributed by atoms with Crippen molar-refractivity contribution < 1.29 is 33.2 Å². The highest BCUT2D eigenvalue weighted by Gasteiger charge is 2.15. The molecule has 7 heteroatoms. The quantitative estimate of drug-likeness (QED) is 0.137. The van der Waals surface area contributed by atoms with Crippen molar-refractivity contribution >= 4 is 5.97 Å². The summed E-state index contributed by atoms with van der Waals surface area (Å²) >= 11 is 0. The highest BCUT2D eigenvalue weighted by Crippen LogP contribution is 2.15. The lowest BCUT2D eigenvalue weighted by atomic mass is 10.0. The van der Waals surface area contributed by atoms with Gasteiger partial charge >= 0.3 is 5.97 Å². The Morgan fingerprint density at radius 3 is 1.72 bits per heavy atom. The Labute approximate surface area is 219 Å². The smallest absolute Gasteiger partial charge is 0.308 e. The van der Waals surface area contributed by atoms with Crippen molar-refractivity contribution in [1.82, 2.24) is 0 Å². The van der Waals surface area contributed by atoms with E-state index in [9.17, 15) is 4.79 Å². The molecule has 1 aromatic rings. The van der Waals surface area contributed by atoms with E-state index in [1.807, 2.05) is 32.9 Å².